The zero-order valence-corrected chi connectivity index (χ0v) is 15.4. The maximum atomic E-state index is 12.0. The Morgan fingerprint density at radius 2 is 1.04 bits per heavy atom. The first kappa shape index (κ1) is 21.5. The molecule has 8 heteroatoms. The van der Waals surface area contributed by atoms with Crippen LogP contribution in [0.15, 0.2) is 60.7 Å². The fraction of sp³-hybridized carbons (Fsp3) is 0.300. The summed E-state index contributed by atoms with van der Waals surface area (Å²) in [7, 11) is 0. The van der Waals surface area contributed by atoms with Gasteiger partial charge in [0, 0.05) is 12.1 Å². The van der Waals surface area contributed by atoms with Crippen molar-refractivity contribution in [1.29, 1.82) is 0 Å². The highest BCUT2D eigenvalue weighted by Crippen LogP contribution is 2.06. The summed E-state index contributed by atoms with van der Waals surface area (Å²) in [6.45, 7) is 0. The van der Waals surface area contributed by atoms with Crippen LogP contribution in [-0.2, 0) is 22.4 Å². The lowest BCUT2D eigenvalue weighted by atomic mass is 10.0. The molecule has 28 heavy (non-hydrogen) atoms. The topological polar surface area (TPSA) is 151 Å². The Morgan fingerprint density at radius 1 is 0.714 bits per heavy atom. The molecular weight excluding hydrogens is 360 g/mol. The maximum Gasteiger partial charge on any atom is 0.268 e. The SMILES string of the molecule is NC(Cc1ccccc1)C(O)C(=O)NNC(=O)C(O)C(N)Cc1ccccc1. The van der Waals surface area contributed by atoms with E-state index in [0.717, 1.165) is 11.1 Å². The lowest BCUT2D eigenvalue weighted by Gasteiger charge is -2.21. The zero-order chi connectivity index (χ0) is 20.5. The second-order valence-corrected chi connectivity index (χ2v) is 6.58. The summed E-state index contributed by atoms with van der Waals surface area (Å²) in [5.41, 5.74) is 17.6. The molecule has 2 amide bonds. The van der Waals surface area contributed by atoms with E-state index in [1.807, 2.05) is 60.7 Å². The monoisotopic (exact) mass is 386 g/mol. The number of nitrogens with two attached hydrogens (primary N) is 2. The van der Waals surface area contributed by atoms with E-state index in [4.69, 9.17) is 11.5 Å². The Balaban J connectivity index is 1.79. The van der Waals surface area contributed by atoms with E-state index in [-0.39, 0.29) is 12.8 Å². The number of carbonyl (C=O) groups is 2. The highest BCUT2D eigenvalue weighted by molar-refractivity contribution is 5.87. The lowest BCUT2D eigenvalue weighted by molar-refractivity contribution is -0.138. The van der Waals surface area contributed by atoms with Gasteiger partial charge in [-0.3, -0.25) is 20.4 Å². The van der Waals surface area contributed by atoms with Crippen LogP contribution in [0.25, 0.3) is 0 Å². The average molecular weight is 386 g/mol. The number of aliphatic hydroxyl groups excluding tert-OH is 2. The standard InChI is InChI=1S/C20H26N4O4/c21-15(11-13-7-3-1-4-8-13)17(25)19(27)23-24-20(28)18(26)16(22)12-14-9-5-2-6-10-14/h1-10,15-18,25-26H,11-12,21-22H2,(H,23,27)(H,24,28). The summed E-state index contributed by atoms with van der Waals surface area (Å²) in [6, 6.07) is 16.6. The first-order valence-electron chi connectivity index (χ1n) is 8.93. The van der Waals surface area contributed by atoms with E-state index >= 15 is 0 Å². The number of hydrazine groups is 1. The third-order valence-corrected chi connectivity index (χ3v) is 4.29. The fourth-order valence-electron chi connectivity index (χ4n) is 2.66. The van der Waals surface area contributed by atoms with Crippen molar-refractivity contribution in [1.82, 2.24) is 10.9 Å². The van der Waals surface area contributed by atoms with Gasteiger partial charge in [-0.05, 0) is 24.0 Å². The summed E-state index contributed by atoms with van der Waals surface area (Å²) in [5.74, 6) is -1.75. The van der Waals surface area contributed by atoms with Crippen LogP contribution < -0.4 is 22.3 Å². The smallest absolute Gasteiger partial charge is 0.268 e. The van der Waals surface area contributed by atoms with Gasteiger partial charge in [-0.15, -0.1) is 0 Å². The number of amides is 2. The molecule has 2 aromatic rings. The molecule has 0 saturated heterocycles. The fourth-order valence-corrected chi connectivity index (χ4v) is 2.66. The minimum Gasteiger partial charge on any atom is -0.382 e. The molecule has 0 aliphatic carbocycles. The molecule has 0 bridgehead atoms. The number of carbonyl (C=O) groups excluding carboxylic acids is 2. The van der Waals surface area contributed by atoms with Crippen molar-refractivity contribution < 1.29 is 19.8 Å². The molecule has 0 saturated carbocycles. The summed E-state index contributed by atoms with van der Waals surface area (Å²) in [4.78, 5) is 24.0. The van der Waals surface area contributed by atoms with Gasteiger partial charge in [0.1, 0.15) is 12.2 Å². The minimum absolute atomic E-state index is 0.286. The minimum atomic E-state index is -1.53. The molecule has 2 aromatic carbocycles. The summed E-state index contributed by atoms with van der Waals surface area (Å²) >= 11 is 0. The van der Waals surface area contributed by atoms with E-state index in [9.17, 15) is 19.8 Å². The Labute approximate surface area is 163 Å². The molecule has 4 atom stereocenters. The highest BCUT2D eigenvalue weighted by atomic mass is 16.3. The Hall–Kier alpha value is -2.78. The van der Waals surface area contributed by atoms with Crippen LogP contribution >= 0.6 is 0 Å². The van der Waals surface area contributed by atoms with Crippen LogP contribution in [0.3, 0.4) is 0 Å². The molecule has 0 heterocycles. The Bertz CT molecular complexity index is 692. The van der Waals surface area contributed by atoms with Gasteiger partial charge in [-0.2, -0.15) is 0 Å². The first-order chi connectivity index (χ1) is 13.4. The van der Waals surface area contributed by atoms with Gasteiger partial charge in [-0.25, -0.2) is 0 Å². The van der Waals surface area contributed by atoms with Crippen LogP contribution in [-0.4, -0.2) is 46.3 Å². The van der Waals surface area contributed by atoms with Gasteiger partial charge in [0.15, 0.2) is 0 Å². The number of nitrogens with one attached hydrogen (secondary N) is 2. The predicted octanol–water partition coefficient (Wildman–Crippen LogP) is -1.00. The van der Waals surface area contributed by atoms with Crippen molar-refractivity contribution in [3.05, 3.63) is 71.8 Å². The summed E-state index contributed by atoms with van der Waals surface area (Å²) < 4.78 is 0. The number of benzene rings is 2. The molecule has 8 nitrogen and oxygen atoms in total. The molecule has 0 radical (unpaired) electrons. The molecule has 0 aromatic heterocycles. The van der Waals surface area contributed by atoms with Gasteiger partial charge < -0.3 is 21.7 Å². The molecule has 150 valence electrons. The van der Waals surface area contributed by atoms with Crippen molar-refractivity contribution in [3.8, 4) is 0 Å². The third-order valence-electron chi connectivity index (χ3n) is 4.29. The predicted molar refractivity (Wildman–Crippen MR) is 105 cm³/mol. The van der Waals surface area contributed by atoms with Crippen molar-refractivity contribution in [2.45, 2.75) is 37.1 Å². The van der Waals surface area contributed by atoms with E-state index in [1.54, 1.807) is 0 Å². The molecule has 2 rings (SSSR count). The van der Waals surface area contributed by atoms with E-state index in [0.29, 0.717) is 0 Å². The Morgan fingerprint density at radius 3 is 1.36 bits per heavy atom. The van der Waals surface area contributed by atoms with Crippen molar-refractivity contribution in [3.63, 3.8) is 0 Å². The highest BCUT2D eigenvalue weighted by Gasteiger charge is 2.26. The van der Waals surface area contributed by atoms with Crippen LogP contribution in [0.4, 0.5) is 0 Å². The van der Waals surface area contributed by atoms with E-state index in [1.165, 1.54) is 0 Å². The van der Waals surface area contributed by atoms with Crippen LogP contribution in [0.1, 0.15) is 11.1 Å². The summed E-state index contributed by atoms with van der Waals surface area (Å²) in [5, 5.41) is 20.1. The van der Waals surface area contributed by atoms with Crippen LogP contribution in [0.5, 0.6) is 0 Å². The second-order valence-electron chi connectivity index (χ2n) is 6.58. The van der Waals surface area contributed by atoms with Crippen LogP contribution in [0.2, 0.25) is 0 Å². The van der Waals surface area contributed by atoms with Crippen LogP contribution in [0, 0.1) is 0 Å². The van der Waals surface area contributed by atoms with Gasteiger partial charge in [-0.1, -0.05) is 60.7 Å². The van der Waals surface area contributed by atoms with Gasteiger partial charge in [0.2, 0.25) is 0 Å². The van der Waals surface area contributed by atoms with Gasteiger partial charge in [0.05, 0.1) is 0 Å². The van der Waals surface area contributed by atoms with Gasteiger partial charge in [0.25, 0.3) is 11.8 Å². The van der Waals surface area contributed by atoms with E-state index in [2.05, 4.69) is 10.9 Å². The molecule has 0 spiro atoms. The number of aliphatic hydroxyl groups is 2. The third kappa shape index (κ3) is 6.43. The molecule has 0 aliphatic heterocycles. The second kappa shape index (κ2) is 10.5. The lowest BCUT2D eigenvalue weighted by Crippen LogP contribution is -2.56. The summed E-state index contributed by atoms with van der Waals surface area (Å²) in [6.07, 6.45) is -2.49. The number of hydrogen-bond acceptors (Lipinski definition) is 6. The van der Waals surface area contributed by atoms with Gasteiger partial charge >= 0.3 is 0 Å². The maximum absolute atomic E-state index is 12.0. The zero-order valence-electron chi connectivity index (χ0n) is 15.4. The number of rotatable bonds is 8. The average Bonchev–Trinajstić information content (AvgIpc) is 2.71. The van der Waals surface area contributed by atoms with Crippen molar-refractivity contribution in [2.24, 2.45) is 11.5 Å². The van der Waals surface area contributed by atoms with E-state index < -0.39 is 36.1 Å². The quantitative estimate of drug-likeness (QED) is 0.320. The number of hydrogen-bond donors (Lipinski definition) is 6. The first-order valence-corrected chi connectivity index (χ1v) is 8.93. The Kier molecular flexibility index (Phi) is 8.09. The molecule has 0 fully saturated rings. The normalized spacial score (nSPS) is 15.1. The molecule has 0 aliphatic rings. The molecule has 8 N–H and O–H groups in total. The molecular formula is C20H26N4O4. The van der Waals surface area contributed by atoms with Crippen molar-refractivity contribution in [2.75, 3.05) is 0 Å². The largest absolute Gasteiger partial charge is 0.382 e. The molecule has 4 unspecified atom stereocenters. The van der Waals surface area contributed by atoms with Crippen molar-refractivity contribution >= 4 is 11.8 Å².